The Bertz CT molecular complexity index is 397. The van der Waals surface area contributed by atoms with Crippen LogP contribution >= 0.6 is 0 Å². The number of hydrogen-bond acceptors (Lipinski definition) is 3. The molecule has 1 saturated heterocycles. The molecule has 1 N–H and O–H groups in total. The van der Waals surface area contributed by atoms with E-state index in [1.54, 1.807) is 0 Å². The van der Waals surface area contributed by atoms with Crippen LogP contribution in [0.15, 0.2) is 0 Å². The van der Waals surface area contributed by atoms with Crippen LogP contribution in [0.2, 0.25) is 0 Å². The fourth-order valence-electron chi connectivity index (χ4n) is 2.38. The van der Waals surface area contributed by atoms with Gasteiger partial charge in [0.25, 0.3) is 0 Å². The van der Waals surface area contributed by atoms with Crippen molar-refractivity contribution >= 4 is 16.0 Å². The van der Waals surface area contributed by atoms with E-state index in [1.807, 2.05) is 20.8 Å². The molecule has 5 nitrogen and oxygen atoms in total. The zero-order chi connectivity index (χ0) is 14.0. The maximum Gasteiger partial charge on any atom is 0.304 e. The normalized spacial score (nSPS) is 22.9. The van der Waals surface area contributed by atoms with Gasteiger partial charge in [0, 0.05) is 12.6 Å². The second kappa shape index (κ2) is 5.57. The molecule has 18 heavy (non-hydrogen) atoms. The molecule has 1 fully saturated rings. The number of nitrogens with zero attached hydrogens (tertiary/aromatic N) is 1. The number of carboxylic acid groups (broad SMARTS) is 1. The van der Waals surface area contributed by atoms with Crippen LogP contribution in [0.25, 0.3) is 0 Å². The SMILES string of the molecule is CC(C)(C)CS(=O)(=O)N1CCCCC1CC(=O)O. The smallest absolute Gasteiger partial charge is 0.304 e. The first-order valence-electron chi connectivity index (χ1n) is 6.33. The average Bonchev–Trinajstić information content (AvgIpc) is 2.13. The van der Waals surface area contributed by atoms with E-state index in [-0.39, 0.29) is 23.6 Å². The first-order chi connectivity index (χ1) is 8.12. The molecule has 1 rings (SSSR count). The topological polar surface area (TPSA) is 74.7 Å². The van der Waals surface area contributed by atoms with Gasteiger partial charge < -0.3 is 5.11 Å². The van der Waals surface area contributed by atoms with E-state index in [2.05, 4.69) is 0 Å². The summed E-state index contributed by atoms with van der Waals surface area (Å²) in [6.45, 7) is 6.08. The molecule has 0 aromatic rings. The van der Waals surface area contributed by atoms with E-state index in [9.17, 15) is 13.2 Å². The highest BCUT2D eigenvalue weighted by atomic mass is 32.2. The predicted molar refractivity (Wildman–Crippen MR) is 69.8 cm³/mol. The number of aliphatic carboxylic acids is 1. The standard InChI is InChI=1S/C12H23NO4S/c1-12(2,3)9-18(16,17)13-7-5-4-6-10(13)8-11(14)15/h10H,4-9H2,1-3H3,(H,14,15). The number of sulfonamides is 1. The highest BCUT2D eigenvalue weighted by Crippen LogP contribution is 2.26. The van der Waals surface area contributed by atoms with E-state index in [4.69, 9.17) is 5.11 Å². The minimum absolute atomic E-state index is 0.0656. The zero-order valence-electron chi connectivity index (χ0n) is 11.3. The van der Waals surface area contributed by atoms with Crippen molar-refractivity contribution in [3.05, 3.63) is 0 Å². The summed E-state index contributed by atoms with van der Waals surface area (Å²) in [6.07, 6.45) is 2.28. The van der Waals surface area contributed by atoms with Crippen molar-refractivity contribution in [2.24, 2.45) is 5.41 Å². The van der Waals surface area contributed by atoms with E-state index < -0.39 is 16.0 Å². The fraction of sp³-hybridized carbons (Fsp3) is 0.917. The van der Waals surface area contributed by atoms with E-state index in [1.165, 1.54) is 4.31 Å². The summed E-state index contributed by atoms with van der Waals surface area (Å²) in [4.78, 5) is 10.8. The Morgan fingerprint density at radius 3 is 2.44 bits per heavy atom. The van der Waals surface area contributed by atoms with E-state index in [0.29, 0.717) is 13.0 Å². The minimum Gasteiger partial charge on any atom is -0.481 e. The van der Waals surface area contributed by atoms with Crippen LogP contribution in [0.3, 0.4) is 0 Å². The lowest BCUT2D eigenvalue weighted by atomic mass is 10.0. The number of carbonyl (C=O) groups is 1. The molecule has 1 aliphatic heterocycles. The van der Waals surface area contributed by atoms with Crippen molar-refractivity contribution in [3.63, 3.8) is 0 Å². The van der Waals surface area contributed by atoms with Gasteiger partial charge in [-0.2, -0.15) is 4.31 Å². The molecule has 0 aromatic heterocycles. The number of rotatable bonds is 4. The summed E-state index contributed by atoms with van der Waals surface area (Å²) in [5.41, 5.74) is -0.315. The van der Waals surface area contributed by atoms with Gasteiger partial charge in [-0.05, 0) is 18.3 Å². The molecule has 1 aliphatic rings. The minimum atomic E-state index is -3.37. The molecule has 0 radical (unpaired) electrons. The molecule has 0 aromatic carbocycles. The summed E-state index contributed by atoms with van der Waals surface area (Å²) >= 11 is 0. The first-order valence-corrected chi connectivity index (χ1v) is 7.94. The third kappa shape index (κ3) is 4.57. The fourth-order valence-corrected chi connectivity index (χ4v) is 4.68. The number of hydrogen-bond donors (Lipinski definition) is 1. The summed E-state index contributed by atoms with van der Waals surface area (Å²) in [5, 5.41) is 8.86. The van der Waals surface area contributed by atoms with Crippen LogP contribution in [-0.2, 0) is 14.8 Å². The van der Waals surface area contributed by atoms with Gasteiger partial charge in [-0.15, -0.1) is 0 Å². The van der Waals surface area contributed by atoms with Gasteiger partial charge in [0.15, 0.2) is 0 Å². The maximum absolute atomic E-state index is 12.3. The highest BCUT2D eigenvalue weighted by Gasteiger charge is 2.35. The highest BCUT2D eigenvalue weighted by molar-refractivity contribution is 7.89. The zero-order valence-corrected chi connectivity index (χ0v) is 12.2. The van der Waals surface area contributed by atoms with Crippen LogP contribution < -0.4 is 0 Å². The van der Waals surface area contributed by atoms with Crippen molar-refractivity contribution in [3.8, 4) is 0 Å². The van der Waals surface area contributed by atoms with Gasteiger partial charge in [-0.25, -0.2) is 8.42 Å². The van der Waals surface area contributed by atoms with Gasteiger partial charge in [-0.3, -0.25) is 4.79 Å². The Morgan fingerprint density at radius 1 is 1.33 bits per heavy atom. The summed E-state index contributed by atoms with van der Waals surface area (Å²) in [6, 6.07) is -0.372. The van der Waals surface area contributed by atoms with Gasteiger partial charge in [0.2, 0.25) is 10.0 Å². The van der Waals surface area contributed by atoms with Gasteiger partial charge >= 0.3 is 5.97 Å². The molecule has 1 heterocycles. The number of piperidine rings is 1. The lowest BCUT2D eigenvalue weighted by Gasteiger charge is -2.35. The molecule has 0 aliphatic carbocycles. The van der Waals surface area contributed by atoms with Gasteiger partial charge in [0.1, 0.15) is 0 Å². The molecule has 6 heteroatoms. The van der Waals surface area contributed by atoms with Crippen molar-refractivity contribution in [1.29, 1.82) is 0 Å². The van der Waals surface area contributed by atoms with Crippen molar-refractivity contribution in [2.45, 2.75) is 52.5 Å². The van der Waals surface area contributed by atoms with Crippen molar-refractivity contribution in [1.82, 2.24) is 4.31 Å². The lowest BCUT2D eigenvalue weighted by molar-refractivity contribution is -0.138. The molecule has 0 spiro atoms. The second-order valence-corrected chi connectivity index (χ2v) is 8.10. The molecule has 1 atom stereocenters. The lowest BCUT2D eigenvalue weighted by Crippen LogP contribution is -2.47. The number of carboxylic acids is 1. The summed E-state index contributed by atoms with van der Waals surface area (Å²) < 4.78 is 26.1. The van der Waals surface area contributed by atoms with E-state index >= 15 is 0 Å². The Morgan fingerprint density at radius 2 is 1.94 bits per heavy atom. The second-order valence-electron chi connectivity index (χ2n) is 6.18. The average molecular weight is 277 g/mol. The van der Waals surface area contributed by atoms with Crippen LogP contribution in [0, 0.1) is 5.41 Å². The largest absolute Gasteiger partial charge is 0.481 e. The monoisotopic (exact) mass is 277 g/mol. The van der Waals surface area contributed by atoms with Gasteiger partial charge in [0.05, 0.1) is 12.2 Å². The van der Waals surface area contributed by atoms with E-state index in [0.717, 1.165) is 12.8 Å². The van der Waals surface area contributed by atoms with Crippen LogP contribution in [0.1, 0.15) is 46.5 Å². The molecular formula is C12H23NO4S. The third-order valence-electron chi connectivity index (χ3n) is 2.96. The summed E-state index contributed by atoms with van der Waals surface area (Å²) in [7, 11) is -3.37. The molecule has 1 unspecified atom stereocenters. The molecule has 106 valence electrons. The first kappa shape index (κ1) is 15.4. The Labute approximate surface area is 109 Å². The molecule has 0 amide bonds. The predicted octanol–water partition coefficient (Wildman–Crippen LogP) is 1.69. The van der Waals surface area contributed by atoms with Crippen LogP contribution in [0.4, 0.5) is 0 Å². The van der Waals surface area contributed by atoms with Crippen LogP contribution in [-0.4, -0.2) is 42.1 Å². The Hall–Kier alpha value is -0.620. The maximum atomic E-state index is 12.3. The third-order valence-corrected chi connectivity index (χ3v) is 5.38. The summed E-state index contributed by atoms with van der Waals surface area (Å²) in [5.74, 6) is -0.867. The quantitative estimate of drug-likeness (QED) is 0.848. The van der Waals surface area contributed by atoms with Gasteiger partial charge in [-0.1, -0.05) is 27.2 Å². The van der Waals surface area contributed by atoms with Crippen molar-refractivity contribution in [2.75, 3.05) is 12.3 Å². The molecular weight excluding hydrogens is 254 g/mol. The Kier molecular flexibility index (Phi) is 4.78. The van der Waals surface area contributed by atoms with Crippen molar-refractivity contribution < 1.29 is 18.3 Å². The molecule has 0 saturated carbocycles. The molecule has 0 bridgehead atoms. The van der Waals surface area contributed by atoms with Crippen LogP contribution in [0.5, 0.6) is 0 Å². The Balaban J connectivity index is 2.85.